The summed E-state index contributed by atoms with van der Waals surface area (Å²) >= 11 is 0. The molecule has 3 N–H and O–H groups in total. The molecule has 0 radical (unpaired) electrons. The number of halogens is 5. The van der Waals surface area contributed by atoms with Crippen molar-refractivity contribution < 1.29 is 54.2 Å². The quantitative estimate of drug-likeness (QED) is 0.126. The van der Waals surface area contributed by atoms with Crippen LogP contribution in [0.1, 0.15) is 44.7 Å². The summed E-state index contributed by atoms with van der Waals surface area (Å²) in [4.78, 5) is 41.4. The van der Waals surface area contributed by atoms with Crippen LogP contribution in [0.15, 0.2) is 63.8 Å². The molecule has 300 valence electrons. The highest BCUT2D eigenvalue weighted by Gasteiger charge is 2.42. The van der Waals surface area contributed by atoms with Crippen LogP contribution in [0.5, 0.6) is 5.75 Å². The number of morpholine rings is 1. The maximum Gasteiger partial charge on any atom is 0.573 e. The number of hydrogen-bond acceptors (Lipinski definition) is 10. The molecular weight excluding hydrogens is 747 g/mol. The van der Waals surface area contributed by atoms with Crippen LogP contribution in [0.3, 0.4) is 0 Å². The molecule has 2 aromatic carbocycles. The lowest BCUT2D eigenvalue weighted by atomic mass is 10.0. The zero-order valence-electron chi connectivity index (χ0n) is 30.1. The SMILES string of the molecule is CC.CCC(F)(F)c1ccc(CNC(=O)[C@H]2CN(C(=O)CN(N)N=NCCC(=O)N3CCOCC3)CCN2S(=O)(=O)c2ccc(OC(F)(F)F)cc2)cc1. The number of carbonyl (C=O) groups is 3. The Kier molecular flexibility index (Phi) is 16.1. The third-order valence-electron chi connectivity index (χ3n) is 8.20. The van der Waals surface area contributed by atoms with Gasteiger partial charge in [0.15, 0.2) is 0 Å². The number of ether oxygens (including phenoxy) is 2. The van der Waals surface area contributed by atoms with Gasteiger partial charge in [-0.25, -0.2) is 28.2 Å². The minimum atomic E-state index is -5.01. The summed E-state index contributed by atoms with van der Waals surface area (Å²) in [5, 5.41) is 10.9. The Hall–Kier alpha value is -4.47. The van der Waals surface area contributed by atoms with Gasteiger partial charge in [0.25, 0.3) is 5.92 Å². The predicted molar refractivity (Wildman–Crippen MR) is 184 cm³/mol. The van der Waals surface area contributed by atoms with E-state index in [1.807, 2.05) is 13.8 Å². The van der Waals surface area contributed by atoms with E-state index >= 15 is 0 Å². The van der Waals surface area contributed by atoms with Gasteiger partial charge in [0.1, 0.15) is 18.3 Å². The number of nitrogens with zero attached hydrogens (tertiary/aromatic N) is 6. The van der Waals surface area contributed by atoms with Gasteiger partial charge in [0.2, 0.25) is 27.7 Å². The average Bonchev–Trinajstić information content (AvgIpc) is 3.16. The molecule has 2 heterocycles. The Morgan fingerprint density at radius 3 is 2.17 bits per heavy atom. The lowest BCUT2D eigenvalue weighted by molar-refractivity contribution is -0.274. The fourth-order valence-electron chi connectivity index (χ4n) is 5.33. The highest BCUT2D eigenvalue weighted by molar-refractivity contribution is 7.89. The topological polar surface area (TPSA) is 180 Å². The van der Waals surface area contributed by atoms with Gasteiger partial charge in [-0.2, -0.15) is 9.42 Å². The van der Waals surface area contributed by atoms with Gasteiger partial charge in [-0.3, -0.25) is 14.4 Å². The van der Waals surface area contributed by atoms with Crippen molar-refractivity contribution in [1.29, 1.82) is 0 Å². The molecule has 0 spiro atoms. The predicted octanol–water partition coefficient (Wildman–Crippen LogP) is 3.42. The van der Waals surface area contributed by atoms with Crippen molar-refractivity contribution in [2.45, 2.75) is 63.4 Å². The smallest absolute Gasteiger partial charge is 0.406 e. The Labute approximate surface area is 310 Å². The average molecular weight is 793 g/mol. The number of rotatable bonds is 14. The zero-order valence-corrected chi connectivity index (χ0v) is 30.9. The van der Waals surface area contributed by atoms with E-state index in [0.717, 1.165) is 33.7 Å². The number of nitrogens with one attached hydrogen (secondary N) is 1. The van der Waals surface area contributed by atoms with Gasteiger partial charge in [-0.15, -0.1) is 13.2 Å². The monoisotopic (exact) mass is 792 g/mol. The molecule has 2 aliphatic heterocycles. The molecule has 3 amide bonds. The molecule has 0 bridgehead atoms. The molecular formula is C33H45F5N8O7S. The number of carbonyl (C=O) groups excluding carboxylic acids is 3. The van der Waals surface area contributed by atoms with Crippen molar-refractivity contribution in [3.63, 3.8) is 0 Å². The summed E-state index contributed by atoms with van der Waals surface area (Å²) in [6, 6.07) is 7.09. The van der Waals surface area contributed by atoms with Crippen molar-refractivity contribution in [2.24, 2.45) is 16.2 Å². The van der Waals surface area contributed by atoms with Crippen LogP contribution < -0.4 is 15.9 Å². The molecule has 1 atom stereocenters. The fraction of sp³-hybridized carbons (Fsp3) is 0.545. The fourth-order valence-corrected chi connectivity index (χ4v) is 6.90. The molecule has 0 aromatic heterocycles. The van der Waals surface area contributed by atoms with Crippen molar-refractivity contribution >= 4 is 27.7 Å². The van der Waals surface area contributed by atoms with Gasteiger partial charge >= 0.3 is 6.36 Å². The number of alkyl halides is 5. The van der Waals surface area contributed by atoms with Crippen molar-refractivity contribution in [3.05, 3.63) is 59.7 Å². The summed E-state index contributed by atoms with van der Waals surface area (Å²) in [6.45, 7) is 5.45. The maximum atomic E-state index is 14.1. The van der Waals surface area contributed by atoms with Crippen LogP contribution in [0, 0.1) is 0 Å². The summed E-state index contributed by atoms with van der Waals surface area (Å²) in [5.74, 6) is 0.495. The highest BCUT2D eigenvalue weighted by atomic mass is 32.2. The van der Waals surface area contributed by atoms with Gasteiger partial charge in [0, 0.05) is 57.7 Å². The third kappa shape index (κ3) is 12.6. The lowest BCUT2D eigenvalue weighted by Gasteiger charge is -2.39. The lowest BCUT2D eigenvalue weighted by Crippen LogP contribution is -2.62. The van der Waals surface area contributed by atoms with E-state index in [1.165, 1.54) is 36.1 Å². The van der Waals surface area contributed by atoms with Crippen LogP contribution in [0.4, 0.5) is 22.0 Å². The van der Waals surface area contributed by atoms with Crippen LogP contribution in [-0.2, 0) is 41.6 Å². The van der Waals surface area contributed by atoms with Crippen LogP contribution in [0.25, 0.3) is 0 Å². The van der Waals surface area contributed by atoms with Gasteiger partial charge in [-0.1, -0.05) is 50.3 Å². The maximum absolute atomic E-state index is 14.1. The molecule has 2 aromatic rings. The van der Waals surface area contributed by atoms with E-state index in [9.17, 15) is 44.8 Å². The molecule has 0 unspecified atom stereocenters. The number of nitrogens with two attached hydrogens (primary N) is 1. The first-order chi connectivity index (χ1) is 25.5. The van der Waals surface area contributed by atoms with Crippen molar-refractivity contribution in [3.8, 4) is 5.75 Å². The molecule has 2 saturated heterocycles. The molecule has 4 rings (SSSR count). The summed E-state index contributed by atoms with van der Waals surface area (Å²) in [5.41, 5.74) is 0.212. The first kappa shape index (κ1) is 43.9. The summed E-state index contributed by atoms with van der Waals surface area (Å²) in [6.07, 6.45) is -5.36. The molecule has 15 nitrogen and oxygen atoms in total. The first-order valence-corrected chi connectivity index (χ1v) is 18.6. The second-order valence-corrected chi connectivity index (χ2v) is 13.6. The molecule has 54 heavy (non-hydrogen) atoms. The van der Waals surface area contributed by atoms with Gasteiger partial charge < -0.3 is 24.6 Å². The van der Waals surface area contributed by atoms with Gasteiger partial charge in [-0.05, 0) is 29.8 Å². The number of amides is 3. The Bertz CT molecular complexity index is 1680. The van der Waals surface area contributed by atoms with E-state index in [2.05, 4.69) is 20.4 Å². The minimum Gasteiger partial charge on any atom is -0.406 e. The molecule has 2 aliphatic rings. The normalized spacial score (nSPS) is 17.1. The minimum absolute atomic E-state index is 0.00390. The molecule has 0 saturated carbocycles. The van der Waals surface area contributed by atoms with Crippen molar-refractivity contribution in [1.82, 2.24) is 24.5 Å². The van der Waals surface area contributed by atoms with E-state index < -0.39 is 70.3 Å². The summed E-state index contributed by atoms with van der Waals surface area (Å²) in [7, 11) is -4.52. The first-order valence-electron chi connectivity index (χ1n) is 17.2. The van der Waals surface area contributed by atoms with E-state index in [0.29, 0.717) is 31.9 Å². The Morgan fingerprint density at radius 2 is 1.57 bits per heavy atom. The highest BCUT2D eigenvalue weighted by Crippen LogP contribution is 2.31. The van der Waals surface area contributed by atoms with E-state index in [-0.39, 0.29) is 44.1 Å². The van der Waals surface area contributed by atoms with Gasteiger partial charge in [0.05, 0.1) is 24.7 Å². The number of hydrazine groups is 1. The van der Waals surface area contributed by atoms with E-state index in [4.69, 9.17) is 10.6 Å². The number of benzene rings is 2. The van der Waals surface area contributed by atoms with Crippen LogP contribution in [0.2, 0.25) is 0 Å². The Morgan fingerprint density at radius 1 is 0.944 bits per heavy atom. The van der Waals surface area contributed by atoms with Crippen molar-refractivity contribution in [2.75, 3.05) is 59.0 Å². The molecule has 21 heteroatoms. The second kappa shape index (κ2) is 19.7. The molecule has 0 aliphatic carbocycles. The number of piperazine rings is 1. The van der Waals surface area contributed by atoms with E-state index in [1.54, 1.807) is 4.90 Å². The Balaban J connectivity index is 0.00000385. The standard InChI is InChI=1S/C31H39F5N8O7S.C2H6/c1-2-30(32,33)23-5-3-22(4-6-23)19-38-29(47)26-20-42(28(46)21-44(37)40-39-12-11-27(45)41-15-17-50-18-16-41)13-14-43(26)52(48,49)25-9-7-24(8-10-25)51-31(34,35)36;1-2/h3-10,26H,2,11-21,37H2,1H3,(H,38,47);1-2H3/t26-;/m1./s1. The number of sulfonamides is 1. The largest absolute Gasteiger partial charge is 0.573 e. The van der Waals surface area contributed by atoms with Crippen LogP contribution >= 0.6 is 0 Å². The second-order valence-electron chi connectivity index (χ2n) is 11.8. The third-order valence-corrected chi connectivity index (χ3v) is 10.1. The molecule has 2 fully saturated rings. The number of hydrogen-bond donors (Lipinski definition) is 2. The van der Waals surface area contributed by atoms with Crippen LogP contribution in [-0.4, -0.2) is 117 Å². The zero-order chi connectivity index (χ0) is 40.1. The summed E-state index contributed by atoms with van der Waals surface area (Å²) < 4.78 is 103.